The monoisotopic (exact) mass is 262 g/mol. The van der Waals surface area contributed by atoms with Gasteiger partial charge in [0, 0.05) is 18.7 Å². The number of hydrogen-bond acceptors (Lipinski definition) is 3. The summed E-state index contributed by atoms with van der Waals surface area (Å²) in [5.41, 5.74) is 1.03. The lowest BCUT2D eigenvalue weighted by atomic mass is 9.93. The fourth-order valence-corrected chi connectivity index (χ4v) is 2.17. The lowest BCUT2D eigenvalue weighted by molar-refractivity contribution is -0.120. The van der Waals surface area contributed by atoms with Crippen molar-refractivity contribution in [3.8, 4) is 0 Å². The quantitative estimate of drug-likeness (QED) is 0.719. The van der Waals surface area contributed by atoms with Crippen LogP contribution >= 0.6 is 0 Å². The van der Waals surface area contributed by atoms with Crippen LogP contribution in [0, 0.1) is 12.8 Å². The van der Waals surface area contributed by atoms with E-state index in [-0.39, 0.29) is 17.7 Å². The Balaban J connectivity index is 2.12. The number of aryl methyl sites for hydroxylation is 1. The summed E-state index contributed by atoms with van der Waals surface area (Å²) in [4.78, 5) is 23.8. The molecule has 0 fully saturated rings. The van der Waals surface area contributed by atoms with Gasteiger partial charge in [-0.25, -0.2) is 0 Å². The third-order valence-corrected chi connectivity index (χ3v) is 3.28. The van der Waals surface area contributed by atoms with Crippen molar-refractivity contribution in [1.29, 1.82) is 0 Å². The maximum absolute atomic E-state index is 12.1. The molecule has 2 amide bonds. The molecular formula is C13H18N4O2. The fourth-order valence-electron chi connectivity index (χ4n) is 2.17. The summed E-state index contributed by atoms with van der Waals surface area (Å²) >= 11 is 0. The first-order valence-electron chi connectivity index (χ1n) is 6.36. The van der Waals surface area contributed by atoms with Crippen LogP contribution in [0.2, 0.25) is 0 Å². The van der Waals surface area contributed by atoms with E-state index in [9.17, 15) is 9.59 Å². The molecule has 0 radical (unpaired) electrons. The average Bonchev–Trinajstić information content (AvgIpc) is 2.80. The molecule has 102 valence electrons. The average molecular weight is 262 g/mol. The molecule has 1 aliphatic carbocycles. The van der Waals surface area contributed by atoms with Crippen LogP contribution in [0.4, 0.5) is 5.82 Å². The molecular weight excluding hydrogens is 244 g/mol. The van der Waals surface area contributed by atoms with Crippen LogP contribution in [-0.2, 0) is 4.79 Å². The van der Waals surface area contributed by atoms with Gasteiger partial charge in [0.15, 0.2) is 5.82 Å². The van der Waals surface area contributed by atoms with Gasteiger partial charge in [-0.15, -0.1) is 0 Å². The second-order valence-corrected chi connectivity index (χ2v) is 4.62. The van der Waals surface area contributed by atoms with E-state index in [1.54, 1.807) is 14.0 Å². The SMILES string of the molecule is CNC(=O)c1c(NC(=O)C2CC=CCC2)n[nH]c1C. The van der Waals surface area contributed by atoms with E-state index in [2.05, 4.69) is 26.9 Å². The first kappa shape index (κ1) is 13.3. The number of aromatic amines is 1. The molecule has 6 nitrogen and oxygen atoms in total. The van der Waals surface area contributed by atoms with Crippen molar-refractivity contribution in [2.45, 2.75) is 26.2 Å². The van der Waals surface area contributed by atoms with Crippen molar-refractivity contribution in [1.82, 2.24) is 15.5 Å². The number of anilines is 1. The molecule has 6 heteroatoms. The Kier molecular flexibility index (Phi) is 3.99. The zero-order valence-corrected chi connectivity index (χ0v) is 11.1. The van der Waals surface area contributed by atoms with Gasteiger partial charge in [0.05, 0.1) is 0 Å². The number of nitrogens with one attached hydrogen (secondary N) is 3. The Morgan fingerprint density at radius 2 is 2.21 bits per heavy atom. The molecule has 1 aliphatic rings. The molecule has 1 atom stereocenters. The topological polar surface area (TPSA) is 86.9 Å². The highest BCUT2D eigenvalue weighted by molar-refractivity contribution is 6.03. The largest absolute Gasteiger partial charge is 0.355 e. The van der Waals surface area contributed by atoms with Crippen molar-refractivity contribution in [3.63, 3.8) is 0 Å². The lowest BCUT2D eigenvalue weighted by Crippen LogP contribution is -2.26. The van der Waals surface area contributed by atoms with Crippen LogP contribution in [0.1, 0.15) is 35.3 Å². The predicted molar refractivity (Wildman–Crippen MR) is 71.8 cm³/mol. The van der Waals surface area contributed by atoms with Crippen molar-refractivity contribution in [2.24, 2.45) is 5.92 Å². The Hall–Kier alpha value is -2.11. The zero-order chi connectivity index (χ0) is 13.8. The van der Waals surface area contributed by atoms with E-state index in [1.165, 1.54) is 0 Å². The molecule has 1 heterocycles. The van der Waals surface area contributed by atoms with E-state index < -0.39 is 0 Å². The van der Waals surface area contributed by atoms with Gasteiger partial charge < -0.3 is 10.6 Å². The zero-order valence-electron chi connectivity index (χ0n) is 11.1. The Morgan fingerprint density at radius 1 is 1.42 bits per heavy atom. The molecule has 0 bridgehead atoms. The molecule has 0 aromatic carbocycles. The Bertz CT molecular complexity index is 519. The number of amides is 2. The summed E-state index contributed by atoms with van der Waals surface area (Å²) in [6, 6.07) is 0. The molecule has 0 aliphatic heterocycles. The summed E-state index contributed by atoms with van der Waals surface area (Å²) in [5.74, 6) is -0.0814. The summed E-state index contributed by atoms with van der Waals surface area (Å²) in [6.07, 6.45) is 6.59. The third kappa shape index (κ3) is 2.83. The number of allylic oxidation sites excluding steroid dienone is 2. The van der Waals surface area contributed by atoms with Crippen molar-refractivity contribution in [3.05, 3.63) is 23.4 Å². The van der Waals surface area contributed by atoms with Crippen LogP contribution in [0.25, 0.3) is 0 Å². The number of rotatable bonds is 3. The molecule has 1 aromatic heterocycles. The molecule has 0 saturated carbocycles. The van der Waals surface area contributed by atoms with Crippen molar-refractivity contribution in [2.75, 3.05) is 12.4 Å². The first-order chi connectivity index (χ1) is 9.13. The van der Waals surface area contributed by atoms with Crippen LogP contribution in [-0.4, -0.2) is 29.1 Å². The Labute approximate surface area is 111 Å². The van der Waals surface area contributed by atoms with Crippen LogP contribution in [0.15, 0.2) is 12.2 Å². The van der Waals surface area contributed by atoms with Gasteiger partial charge in [-0.05, 0) is 26.2 Å². The summed E-state index contributed by atoms with van der Waals surface area (Å²) in [7, 11) is 1.55. The Morgan fingerprint density at radius 3 is 2.84 bits per heavy atom. The smallest absolute Gasteiger partial charge is 0.256 e. The normalized spacial score (nSPS) is 18.1. The van der Waals surface area contributed by atoms with E-state index in [0.717, 1.165) is 19.3 Å². The van der Waals surface area contributed by atoms with E-state index >= 15 is 0 Å². The number of carbonyl (C=O) groups is 2. The van der Waals surface area contributed by atoms with Gasteiger partial charge in [-0.3, -0.25) is 14.7 Å². The predicted octanol–water partition coefficient (Wildman–Crippen LogP) is 1.37. The fraction of sp³-hybridized carbons (Fsp3) is 0.462. The molecule has 1 unspecified atom stereocenters. The number of carbonyl (C=O) groups excluding carboxylic acids is 2. The highest BCUT2D eigenvalue weighted by atomic mass is 16.2. The second kappa shape index (κ2) is 5.69. The van der Waals surface area contributed by atoms with E-state index in [0.29, 0.717) is 17.1 Å². The minimum atomic E-state index is -0.259. The third-order valence-electron chi connectivity index (χ3n) is 3.28. The van der Waals surface area contributed by atoms with Crippen LogP contribution in [0.5, 0.6) is 0 Å². The minimum Gasteiger partial charge on any atom is -0.355 e. The van der Waals surface area contributed by atoms with Crippen molar-refractivity contribution < 1.29 is 9.59 Å². The molecule has 0 spiro atoms. The summed E-state index contributed by atoms with van der Waals surface area (Å²) in [5, 5.41) is 12.0. The number of nitrogens with zero attached hydrogens (tertiary/aromatic N) is 1. The highest BCUT2D eigenvalue weighted by Gasteiger charge is 2.23. The standard InChI is InChI=1S/C13H18N4O2/c1-8-10(13(19)14-2)11(17-16-8)15-12(18)9-6-4-3-5-7-9/h3-4,9H,5-7H2,1-2H3,(H,14,19)(H2,15,16,17,18). The van der Waals surface area contributed by atoms with Crippen LogP contribution in [0.3, 0.4) is 0 Å². The van der Waals surface area contributed by atoms with Gasteiger partial charge in [-0.1, -0.05) is 12.2 Å². The lowest BCUT2D eigenvalue weighted by Gasteiger charge is -2.16. The first-order valence-corrected chi connectivity index (χ1v) is 6.36. The molecule has 19 heavy (non-hydrogen) atoms. The van der Waals surface area contributed by atoms with Crippen LogP contribution < -0.4 is 10.6 Å². The van der Waals surface area contributed by atoms with Gasteiger partial charge in [-0.2, -0.15) is 5.10 Å². The molecule has 0 saturated heterocycles. The maximum Gasteiger partial charge on any atom is 0.256 e. The van der Waals surface area contributed by atoms with Gasteiger partial charge in [0.2, 0.25) is 5.91 Å². The number of aromatic nitrogens is 2. The minimum absolute atomic E-state index is 0.0421. The van der Waals surface area contributed by atoms with Gasteiger partial charge in [0.1, 0.15) is 5.56 Å². The highest BCUT2D eigenvalue weighted by Crippen LogP contribution is 2.22. The number of H-pyrrole nitrogens is 1. The molecule has 1 aromatic rings. The summed E-state index contributed by atoms with van der Waals surface area (Å²) < 4.78 is 0. The maximum atomic E-state index is 12.1. The van der Waals surface area contributed by atoms with Gasteiger partial charge in [0.25, 0.3) is 5.91 Å². The molecule has 2 rings (SSSR count). The second-order valence-electron chi connectivity index (χ2n) is 4.62. The van der Waals surface area contributed by atoms with E-state index in [4.69, 9.17) is 0 Å². The number of hydrogen-bond donors (Lipinski definition) is 3. The van der Waals surface area contributed by atoms with Crippen molar-refractivity contribution >= 4 is 17.6 Å². The van der Waals surface area contributed by atoms with Gasteiger partial charge >= 0.3 is 0 Å². The molecule has 3 N–H and O–H groups in total. The van der Waals surface area contributed by atoms with E-state index in [1.807, 2.05) is 6.08 Å². The summed E-state index contributed by atoms with van der Waals surface area (Å²) in [6.45, 7) is 1.75.